The van der Waals surface area contributed by atoms with E-state index in [1.807, 2.05) is 6.07 Å². The molecule has 0 radical (unpaired) electrons. The minimum atomic E-state index is 0. The fraction of sp³-hybridized carbons (Fsp3) is 0.625. The van der Waals surface area contributed by atoms with E-state index in [1.165, 1.54) is 44.6 Å². The van der Waals surface area contributed by atoms with Crippen LogP contribution in [0.1, 0.15) is 18.4 Å². The standard InChI is InChI=1S/C16H24N2O.ClH/c1-14-3-2-4-15(11-14)19-10-9-18-8-6-16(13-18)5-7-17-12-16;/h2-4,11,17H,5-10,12-13H2,1H3;1H. The normalized spacial score (nSPS) is 25.9. The summed E-state index contributed by atoms with van der Waals surface area (Å²) < 4.78 is 5.84. The second-order valence-corrected chi connectivity index (χ2v) is 6.12. The lowest BCUT2D eigenvalue weighted by Gasteiger charge is -2.22. The van der Waals surface area contributed by atoms with Gasteiger partial charge < -0.3 is 10.1 Å². The van der Waals surface area contributed by atoms with Gasteiger partial charge in [0.15, 0.2) is 0 Å². The Balaban J connectivity index is 0.00000147. The third kappa shape index (κ3) is 3.66. The van der Waals surface area contributed by atoms with E-state index in [1.54, 1.807) is 0 Å². The summed E-state index contributed by atoms with van der Waals surface area (Å²) in [4.78, 5) is 2.56. The maximum atomic E-state index is 5.84. The molecule has 1 N–H and O–H groups in total. The lowest BCUT2D eigenvalue weighted by Crippen LogP contribution is -2.31. The number of likely N-dealkylation sites (tertiary alicyclic amines) is 1. The Morgan fingerprint density at radius 2 is 2.25 bits per heavy atom. The Morgan fingerprint density at radius 3 is 3.00 bits per heavy atom. The first-order valence-electron chi connectivity index (χ1n) is 7.38. The SMILES string of the molecule is Cc1cccc(OCCN2CCC3(CCNC3)C2)c1.Cl. The molecule has 0 saturated carbocycles. The summed E-state index contributed by atoms with van der Waals surface area (Å²) in [5.41, 5.74) is 1.83. The number of ether oxygens (including phenoxy) is 1. The maximum absolute atomic E-state index is 5.84. The van der Waals surface area contributed by atoms with Crippen LogP contribution in [0.25, 0.3) is 0 Å². The van der Waals surface area contributed by atoms with E-state index in [-0.39, 0.29) is 12.4 Å². The Hall–Kier alpha value is -0.770. The van der Waals surface area contributed by atoms with Crippen LogP contribution in [0.4, 0.5) is 0 Å². The maximum Gasteiger partial charge on any atom is 0.119 e. The van der Waals surface area contributed by atoms with Crippen LogP contribution >= 0.6 is 12.4 Å². The molecule has 3 nitrogen and oxygen atoms in total. The highest BCUT2D eigenvalue weighted by molar-refractivity contribution is 5.85. The zero-order chi connectivity index (χ0) is 13.1. The molecule has 112 valence electrons. The molecule has 1 unspecified atom stereocenters. The third-order valence-electron chi connectivity index (χ3n) is 4.52. The van der Waals surface area contributed by atoms with Crippen molar-refractivity contribution >= 4 is 12.4 Å². The van der Waals surface area contributed by atoms with Crippen LogP contribution in [0.3, 0.4) is 0 Å². The molecule has 1 atom stereocenters. The number of hydrogen-bond acceptors (Lipinski definition) is 3. The van der Waals surface area contributed by atoms with Gasteiger partial charge in [0.1, 0.15) is 12.4 Å². The van der Waals surface area contributed by atoms with Gasteiger partial charge in [0.25, 0.3) is 0 Å². The zero-order valence-corrected chi connectivity index (χ0v) is 13.0. The molecule has 0 aromatic heterocycles. The van der Waals surface area contributed by atoms with Gasteiger partial charge in [-0.25, -0.2) is 0 Å². The topological polar surface area (TPSA) is 24.5 Å². The largest absolute Gasteiger partial charge is 0.492 e. The van der Waals surface area contributed by atoms with Crippen molar-refractivity contribution in [3.8, 4) is 5.75 Å². The van der Waals surface area contributed by atoms with Crippen LogP contribution in [0.2, 0.25) is 0 Å². The molecule has 4 heteroatoms. The number of rotatable bonds is 4. The molecule has 1 spiro atoms. The molecule has 2 aliphatic heterocycles. The summed E-state index contributed by atoms with van der Waals surface area (Å²) in [5.74, 6) is 0.997. The molecule has 2 aliphatic rings. The smallest absolute Gasteiger partial charge is 0.119 e. The molecular weight excluding hydrogens is 272 g/mol. The van der Waals surface area contributed by atoms with Gasteiger partial charge in [-0.05, 0) is 56.0 Å². The zero-order valence-electron chi connectivity index (χ0n) is 12.2. The van der Waals surface area contributed by atoms with Crippen LogP contribution in [0.5, 0.6) is 5.75 Å². The summed E-state index contributed by atoms with van der Waals surface area (Å²) in [6.07, 6.45) is 2.70. The Kier molecular flexibility index (Phi) is 5.30. The molecule has 2 fully saturated rings. The van der Waals surface area contributed by atoms with Gasteiger partial charge >= 0.3 is 0 Å². The number of nitrogens with one attached hydrogen (secondary N) is 1. The minimum absolute atomic E-state index is 0. The first-order valence-corrected chi connectivity index (χ1v) is 7.38. The van der Waals surface area contributed by atoms with Gasteiger partial charge in [0.05, 0.1) is 0 Å². The lowest BCUT2D eigenvalue weighted by atomic mass is 9.87. The number of halogens is 1. The fourth-order valence-corrected chi connectivity index (χ4v) is 3.36. The van der Waals surface area contributed by atoms with Crippen molar-refractivity contribution < 1.29 is 4.74 Å². The molecule has 2 saturated heterocycles. The van der Waals surface area contributed by atoms with E-state index >= 15 is 0 Å². The van der Waals surface area contributed by atoms with Gasteiger partial charge in [-0.1, -0.05) is 12.1 Å². The molecular formula is C16H25ClN2O. The molecule has 2 heterocycles. The second-order valence-electron chi connectivity index (χ2n) is 6.12. The van der Waals surface area contributed by atoms with Crippen LogP contribution < -0.4 is 10.1 Å². The van der Waals surface area contributed by atoms with E-state index in [9.17, 15) is 0 Å². The monoisotopic (exact) mass is 296 g/mol. The lowest BCUT2D eigenvalue weighted by molar-refractivity contribution is 0.217. The molecule has 20 heavy (non-hydrogen) atoms. The number of nitrogens with zero attached hydrogens (tertiary/aromatic N) is 1. The van der Waals surface area contributed by atoms with Crippen molar-refractivity contribution in [2.24, 2.45) is 5.41 Å². The third-order valence-corrected chi connectivity index (χ3v) is 4.52. The Morgan fingerprint density at radius 1 is 1.35 bits per heavy atom. The van der Waals surface area contributed by atoms with E-state index in [4.69, 9.17) is 4.74 Å². The first-order chi connectivity index (χ1) is 9.26. The fourth-order valence-electron chi connectivity index (χ4n) is 3.36. The van der Waals surface area contributed by atoms with Crippen LogP contribution in [0, 0.1) is 12.3 Å². The average Bonchev–Trinajstić information content (AvgIpc) is 3.01. The number of hydrogen-bond donors (Lipinski definition) is 1. The van der Waals surface area contributed by atoms with Crippen LogP contribution in [-0.4, -0.2) is 44.2 Å². The molecule has 0 bridgehead atoms. The van der Waals surface area contributed by atoms with Crippen molar-refractivity contribution in [2.75, 3.05) is 39.3 Å². The highest BCUT2D eigenvalue weighted by Gasteiger charge is 2.39. The number of aryl methyl sites for hydroxylation is 1. The van der Waals surface area contributed by atoms with Crippen molar-refractivity contribution in [3.63, 3.8) is 0 Å². The van der Waals surface area contributed by atoms with Gasteiger partial charge in [0.2, 0.25) is 0 Å². The second kappa shape index (κ2) is 6.79. The summed E-state index contributed by atoms with van der Waals surface area (Å²) in [7, 11) is 0. The quantitative estimate of drug-likeness (QED) is 0.924. The average molecular weight is 297 g/mol. The minimum Gasteiger partial charge on any atom is -0.492 e. The molecule has 3 rings (SSSR count). The van der Waals surface area contributed by atoms with Gasteiger partial charge in [-0.2, -0.15) is 0 Å². The Labute approximate surface area is 128 Å². The summed E-state index contributed by atoms with van der Waals surface area (Å²) >= 11 is 0. The summed E-state index contributed by atoms with van der Waals surface area (Å²) in [6, 6.07) is 8.30. The van der Waals surface area contributed by atoms with Gasteiger partial charge in [-0.15, -0.1) is 12.4 Å². The molecule has 1 aromatic carbocycles. The van der Waals surface area contributed by atoms with E-state index in [0.717, 1.165) is 18.9 Å². The van der Waals surface area contributed by atoms with Gasteiger partial charge in [0, 0.05) is 19.6 Å². The summed E-state index contributed by atoms with van der Waals surface area (Å²) in [6.45, 7) is 8.85. The molecule has 0 amide bonds. The first kappa shape index (κ1) is 15.6. The van der Waals surface area contributed by atoms with Crippen molar-refractivity contribution in [1.82, 2.24) is 10.2 Å². The number of benzene rings is 1. The predicted molar refractivity (Wildman–Crippen MR) is 84.9 cm³/mol. The van der Waals surface area contributed by atoms with Crippen molar-refractivity contribution in [1.29, 1.82) is 0 Å². The molecule has 1 aromatic rings. The predicted octanol–water partition coefficient (Wildman–Crippen LogP) is 2.48. The van der Waals surface area contributed by atoms with E-state index < -0.39 is 0 Å². The van der Waals surface area contributed by atoms with Crippen molar-refractivity contribution in [2.45, 2.75) is 19.8 Å². The summed E-state index contributed by atoms with van der Waals surface area (Å²) in [5, 5.41) is 3.51. The van der Waals surface area contributed by atoms with Crippen LogP contribution in [-0.2, 0) is 0 Å². The van der Waals surface area contributed by atoms with Crippen LogP contribution in [0.15, 0.2) is 24.3 Å². The van der Waals surface area contributed by atoms with Gasteiger partial charge in [-0.3, -0.25) is 4.90 Å². The Bertz CT molecular complexity index is 432. The van der Waals surface area contributed by atoms with E-state index in [0.29, 0.717) is 5.41 Å². The molecule has 0 aliphatic carbocycles. The highest BCUT2D eigenvalue weighted by Crippen LogP contribution is 2.35. The van der Waals surface area contributed by atoms with Crippen molar-refractivity contribution in [3.05, 3.63) is 29.8 Å². The van der Waals surface area contributed by atoms with E-state index in [2.05, 4.69) is 35.3 Å². The highest BCUT2D eigenvalue weighted by atomic mass is 35.5.